The molecule has 8 nitrogen and oxygen atoms in total. The molecule has 2 N–H and O–H groups in total. The maximum atomic E-state index is 12.8. The van der Waals surface area contributed by atoms with Gasteiger partial charge in [-0.05, 0) is 17.7 Å². The van der Waals surface area contributed by atoms with Crippen molar-refractivity contribution in [2.24, 2.45) is 0 Å². The van der Waals surface area contributed by atoms with E-state index in [2.05, 4.69) is 15.6 Å². The summed E-state index contributed by atoms with van der Waals surface area (Å²) in [6.07, 6.45) is 0.00824. The van der Waals surface area contributed by atoms with Gasteiger partial charge in [-0.25, -0.2) is 4.98 Å². The van der Waals surface area contributed by atoms with Crippen molar-refractivity contribution in [2.75, 3.05) is 5.32 Å². The molecule has 1 unspecified atom stereocenters. The first-order chi connectivity index (χ1) is 16.5. The molecule has 0 saturated carbocycles. The average molecular weight is 473 g/mol. The van der Waals surface area contributed by atoms with Crippen LogP contribution in [0.15, 0.2) is 90.3 Å². The molecule has 4 aromatic rings. The summed E-state index contributed by atoms with van der Waals surface area (Å²) in [4.78, 5) is 40.5. The number of hydrogen-bond donors (Lipinski definition) is 2. The van der Waals surface area contributed by atoms with Gasteiger partial charge in [-0.3, -0.25) is 19.7 Å². The van der Waals surface area contributed by atoms with Crippen molar-refractivity contribution in [3.8, 4) is 11.3 Å². The number of nitro groups is 1. The lowest BCUT2D eigenvalue weighted by Gasteiger charge is -2.19. The zero-order chi connectivity index (χ0) is 23.9. The summed E-state index contributed by atoms with van der Waals surface area (Å²) in [6, 6.07) is 23.7. The number of hydrogen-bond acceptors (Lipinski definition) is 6. The van der Waals surface area contributed by atoms with Gasteiger partial charge in [0.2, 0.25) is 5.91 Å². The van der Waals surface area contributed by atoms with E-state index in [1.807, 2.05) is 36.4 Å². The van der Waals surface area contributed by atoms with E-state index in [0.717, 1.165) is 5.56 Å². The minimum absolute atomic E-state index is 0.00824. The van der Waals surface area contributed by atoms with Crippen molar-refractivity contribution in [1.82, 2.24) is 10.3 Å². The van der Waals surface area contributed by atoms with Crippen LogP contribution in [0.4, 0.5) is 10.8 Å². The molecule has 1 heterocycles. The molecule has 0 spiro atoms. The Balaban J connectivity index is 1.46. The van der Waals surface area contributed by atoms with Crippen molar-refractivity contribution in [2.45, 2.75) is 12.5 Å². The van der Waals surface area contributed by atoms with E-state index >= 15 is 0 Å². The molecule has 1 atom stereocenters. The number of non-ortho nitro benzene ring substituents is 1. The van der Waals surface area contributed by atoms with E-state index in [4.69, 9.17) is 0 Å². The van der Waals surface area contributed by atoms with E-state index in [-0.39, 0.29) is 23.9 Å². The van der Waals surface area contributed by atoms with Crippen molar-refractivity contribution in [1.29, 1.82) is 0 Å². The van der Waals surface area contributed by atoms with Crippen LogP contribution in [0.1, 0.15) is 28.4 Å². The van der Waals surface area contributed by atoms with E-state index in [9.17, 15) is 19.7 Å². The SMILES string of the molecule is O=C(CC(NC(=O)c1ccccc1)c1ccccc1)Nc1nc(-c2cccc([N+](=O)[O-])c2)cs1. The predicted octanol–water partition coefficient (Wildman–Crippen LogP) is 5.22. The molecule has 170 valence electrons. The highest BCUT2D eigenvalue weighted by Gasteiger charge is 2.20. The number of nitrogens with zero attached hydrogens (tertiary/aromatic N) is 2. The summed E-state index contributed by atoms with van der Waals surface area (Å²) in [5.74, 6) is -0.591. The summed E-state index contributed by atoms with van der Waals surface area (Å²) in [6.45, 7) is 0. The molecule has 0 aliphatic rings. The lowest BCUT2D eigenvalue weighted by Crippen LogP contribution is -2.31. The smallest absolute Gasteiger partial charge is 0.270 e. The fraction of sp³-hybridized carbons (Fsp3) is 0.0800. The predicted molar refractivity (Wildman–Crippen MR) is 131 cm³/mol. The standard InChI is InChI=1S/C25H20N4O4S/c30-23(28-25-27-22(16-34-25)19-12-7-13-20(14-19)29(32)33)15-21(17-8-3-1-4-9-17)26-24(31)18-10-5-2-6-11-18/h1-14,16,21H,15H2,(H,26,31)(H,27,28,30). The molecule has 0 radical (unpaired) electrons. The van der Waals surface area contributed by atoms with Gasteiger partial charge in [0.05, 0.1) is 23.1 Å². The number of anilines is 1. The van der Waals surface area contributed by atoms with E-state index in [1.165, 1.54) is 23.5 Å². The largest absolute Gasteiger partial charge is 0.345 e. The molecule has 0 aliphatic heterocycles. The Labute approximate surface area is 199 Å². The molecular formula is C25H20N4O4S. The highest BCUT2D eigenvalue weighted by Crippen LogP contribution is 2.28. The number of benzene rings is 3. The second-order valence-electron chi connectivity index (χ2n) is 7.40. The van der Waals surface area contributed by atoms with Gasteiger partial charge in [0.15, 0.2) is 5.13 Å². The molecule has 0 bridgehead atoms. The third-order valence-electron chi connectivity index (χ3n) is 5.04. The molecule has 0 saturated heterocycles. The number of carbonyl (C=O) groups excluding carboxylic acids is 2. The average Bonchev–Trinajstić information content (AvgIpc) is 3.33. The Kier molecular flexibility index (Phi) is 7.04. The minimum atomic E-state index is -0.537. The molecule has 4 rings (SSSR count). The van der Waals surface area contributed by atoms with Crippen LogP contribution in [0.5, 0.6) is 0 Å². The lowest BCUT2D eigenvalue weighted by molar-refractivity contribution is -0.384. The van der Waals surface area contributed by atoms with Crippen LogP contribution in [0.2, 0.25) is 0 Å². The fourth-order valence-corrected chi connectivity index (χ4v) is 4.10. The van der Waals surface area contributed by atoms with Gasteiger partial charge in [-0.15, -0.1) is 11.3 Å². The third-order valence-corrected chi connectivity index (χ3v) is 5.79. The highest BCUT2D eigenvalue weighted by atomic mass is 32.1. The quantitative estimate of drug-likeness (QED) is 0.270. The minimum Gasteiger partial charge on any atom is -0.345 e. The normalized spacial score (nSPS) is 11.4. The van der Waals surface area contributed by atoms with Gasteiger partial charge in [0.1, 0.15) is 0 Å². The van der Waals surface area contributed by atoms with E-state index < -0.39 is 11.0 Å². The van der Waals surface area contributed by atoms with Gasteiger partial charge in [-0.2, -0.15) is 0 Å². The lowest BCUT2D eigenvalue weighted by atomic mass is 10.0. The van der Waals surface area contributed by atoms with Crippen LogP contribution >= 0.6 is 11.3 Å². The zero-order valence-electron chi connectivity index (χ0n) is 17.9. The van der Waals surface area contributed by atoms with Crippen molar-refractivity contribution in [3.05, 3.63) is 112 Å². The van der Waals surface area contributed by atoms with E-state index in [1.54, 1.807) is 41.8 Å². The summed E-state index contributed by atoms with van der Waals surface area (Å²) in [5.41, 5.74) is 2.39. The van der Waals surface area contributed by atoms with Crippen LogP contribution < -0.4 is 10.6 Å². The van der Waals surface area contributed by atoms with Crippen molar-refractivity contribution < 1.29 is 14.5 Å². The van der Waals surface area contributed by atoms with Gasteiger partial charge in [0, 0.05) is 28.6 Å². The van der Waals surface area contributed by atoms with Gasteiger partial charge in [0.25, 0.3) is 11.6 Å². The number of nitrogens with one attached hydrogen (secondary N) is 2. The second kappa shape index (κ2) is 10.5. The molecular weight excluding hydrogens is 452 g/mol. The Morgan fingerprint density at radius 1 is 0.971 bits per heavy atom. The monoisotopic (exact) mass is 472 g/mol. The first-order valence-corrected chi connectivity index (χ1v) is 11.3. The van der Waals surface area contributed by atoms with Crippen LogP contribution in [0.3, 0.4) is 0 Å². The van der Waals surface area contributed by atoms with Crippen LogP contribution in [-0.4, -0.2) is 21.7 Å². The van der Waals surface area contributed by atoms with Gasteiger partial charge >= 0.3 is 0 Å². The molecule has 1 aromatic heterocycles. The molecule has 34 heavy (non-hydrogen) atoms. The van der Waals surface area contributed by atoms with Crippen LogP contribution in [-0.2, 0) is 4.79 Å². The van der Waals surface area contributed by atoms with Crippen molar-refractivity contribution in [3.63, 3.8) is 0 Å². The van der Waals surface area contributed by atoms with E-state index in [0.29, 0.717) is 22.0 Å². The van der Waals surface area contributed by atoms with Gasteiger partial charge in [-0.1, -0.05) is 60.7 Å². The number of aromatic nitrogens is 1. The summed E-state index contributed by atoms with van der Waals surface area (Å²) in [5, 5.41) is 18.8. The Bertz CT molecular complexity index is 1310. The highest BCUT2D eigenvalue weighted by molar-refractivity contribution is 7.14. The molecule has 9 heteroatoms. The number of carbonyl (C=O) groups is 2. The first kappa shape index (κ1) is 22.8. The van der Waals surface area contributed by atoms with Crippen LogP contribution in [0, 0.1) is 10.1 Å². The molecule has 0 fully saturated rings. The summed E-state index contributed by atoms with van der Waals surface area (Å²) < 4.78 is 0. The Hall–Kier alpha value is -4.37. The van der Waals surface area contributed by atoms with Gasteiger partial charge < -0.3 is 10.6 Å². The van der Waals surface area contributed by atoms with Crippen LogP contribution in [0.25, 0.3) is 11.3 Å². The summed E-state index contributed by atoms with van der Waals surface area (Å²) >= 11 is 1.22. The topological polar surface area (TPSA) is 114 Å². The molecule has 0 aliphatic carbocycles. The molecule has 2 amide bonds. The molecule has 3 aromatic carbocycles. The third kappa shape index (κ3) is 5.70. The fourth-order valence-electron chi connectivity index (χ4n) is 3.37. The maximum absolute atomic E-state index is 12.8. The first-order valence-electron chi connectivity index (χ1n) is 10.4. The second-order valence-corrected chi connectivity index (χ2v) is 8.26. The number of nitro benzene ring substituents is 1. The maximum Gasteiger partial charge on any atom is 0.270 e. The Morgan fingerprint density at radius 2 is 1.68 bits per heavy atom. The Morgan fingerprint density at radius 3 is 2.38 bits per heavy atom. The summed E-state index contributed by atoms with van der Waals surface area (Å²) in [7, 11) is 0. The number of amides is 2. The zero-order valence-corrected chi connectivity index (χ0v) is 18.7. The van der Waals surface area contributed by atoms with Crippen molar-refractivity contribution >= 4 is 34.0 Å². The number of rotatable bonds is 8. The number of thiazole rings is 1.